The fourth-order valence-corrected chi connectivity index (χ4v) is 2.91. The minimum absolute atomic E-state index is 0.286. The van der Waals surface area contributed by atoms with Gasteiger partial charge in [0.1, 0.15) is 5.84 Å². The maximum absolute atomic E-state index is 7.83. The second-order valence-electron chi connectivity index (χ2n) is 5.24. The van der Waals surface area contributed by atoms with Crippen molar-refractivity contribution in [2.24, 2.45) is 16.6 Å². The first-order valence-electron chi connectivity index (χ1n) is 6.48. The van der Waals surface area contributed by atoms with Gasteiger partial charge in [-0.1, -0.05) is 19.1 Å². The first-order valence-corrected chi connectivity index (χ1v) is 6.48. The monoisotopic (exact) mass is 242 g/mol. The largest absolute Gasteiger partial charge is 0.383 e. The molecule has 2 aliphatic rings. The fraction of sp³-hybridized carbons (Fsp3) is 0.429. The van der Waals surface area contributed by atoms with E-state index >= 15 is 0 Å². The summed E-state index contributed by atoms with van der Waals surface area (Å²) in [5.74, 6) is 1.49. The number of piperidine rings is 1. The standard InChI is InChI=1S/C14H18N4/c1-9-4-3-7-18(8-9)11-6-2-5-10-12(11)14(16)17-13(10)15/h2,5-6,9H,3-4,7-8H2,1H3,(H3,15,16,17). The number of hydrogen-bond acceptors (Lipinski definition) is 3. The third-order valence-corrected chi connectivity index (χ3v) is 3.78. The predicted octanol–water partition coefficient (Wildman–Crippen LogP) is 1.97. The summed E-state index contributed by atoms with van der Waals surface area (Å²) in [5, 5.41) is 7.83. The van der Waals surface area contributed by atoms with Gasteiger partial charge in [0.25, 0.3) is 0 Å². The zero-order chi connectivity index (χ0) is 12.7. The Kier molecular flexibility index (Phi) is 2.58. The first-order chi connectivity index (χ1) is 8.66. The molecule has 18 heavy (non-hydrogen) atoms. The van der Waals surface area contributed by atoms with E-state index in [1.54, 1.807) is 0 Å². The van der Waals surface area contributed by atoms with Gasteiger partial charge in [-0.2, -0.15) is 0 Å². The van der Waals surface area contributed by atoms with Crippen molar-refractivity contribution in [2.75, 3.05) is 18.0 Å². The fourth-order valence-electron chi connectivity index (χ4n) is 2.91. The van der Waals surface area contributed by atoms with Crippen LogP contribution in [0, 0.1) is 11.3 Å². The molecule has 0 amide bonds. The lowest BCUT2D eigenvalue weighted by molar-refractivity contribution is 0.447. The summed E-state index contributed by atoms with van der Waals surface area (Å²) in [6.45, 7) is 4.42. The van der Waals surface area contributed by atoms with Gasteiger partial charge in [0.2, 0.25) is 0 Å². The molecule has 1 unspecified atom stereocenters. The van der Waals surface area contributed by atoms with E-state index in [1.807, 2.05) is 12.1 Å². The number of anilines is 1. The van der Waals surface area contributed by atoms with E-state index in [-0.39, 0.29) is 5.84 Å². The Balaban J connectivity index is 2.03. The normalized spacial score (nSPS) is 22.9. The van der Waals surface area contributed by atoms with E-state index in [0.717, 1.165) is 29.9 Å². The molecular formula is C14H18N4. The molecule has 0 saturated carbocycles. The number of hydrogen-bond donors (Lipinski definition) is 2. The number of benzene rings is 1. The van der Waals surface area contributed by atoms with Gasteiger partial charge in [0, 0.05) is 24.3 Å². The summed E-state index contributed by atoms with van der Waals surface area (Å²) in [5.41, 5.74) is 8.92. The second-order valence-corrected chi connectivity index (χ2v) is 5.24. The number of nitrogens with one attached hydrogen (secondary N) is 1. The molecule has 3 rings (SSSR count). The summed E-state index contributed by atoms with van der Waals surface area (Å²) in [7, 11) is 0. The van der Waals surface area contributed by atoms with Crippen molar-refractivity contribution in [3.8, 4) is 0 Å². The van der Waals surface area contributed by atoms with Crippen LogP contribution in [0.15, 0.2) is 23.2 Å². The molecule has 2 aliphatic heterocycles. The van der Waals surface area contributed by atoms with Gasteiger partial charge in [-0.15, -0.1) is 0 Å². The number of aliphatic imine (C=N–C) groups is 1. The zero-order valence-electron chi connectivity index (χ0n) is 10.6. The summed E-state index contributed by atoms with van der Waals surface area (Å²) in [6, 6.07) is 6.02. The Morgan fingerprint density at radius 1 is 1.44 bits per heavy atom. The number of nitrogens with two attached hydrogens (primary N) is 1. The second kappa shape index (κ2) is 4.12. The Labute approximate surface area is 107 Å². The third-order valence-electron chi connectivity index (χ3n) is 3.78. The van der Waals surface area contributed by atoms with Crippen molar-refractivity contribution in [1.29, 1.82) is 5.41 Å². The average Bonchev–Trinajstić information content (AvgIpc) is 2.65. The predicted molar refractivity (Wildman–Crippen MR) is 74.6 cm³/mol. The van der Waals surface area contributed by atoms with E-state index in [4.69, 9.17) is 11.1 Å². The number of rotatable bonds is 1. The lowest BCUT2D eigenvalue weighted by atomic mass is 9.97. The quantitative estimate of drug-likeness (QED) is 0.790. The molecule has 0 aliphatic carbocycles. The smallest absolute Gasteiger partial charge is 0.155 e. The molecule has 0 aromatic heterocycles. The first kappa shape index (κ1) is 11.3. The van der Waals surface area contributed by atoms with Crippen molar-refractivity contribution in [1.82, 2.24) is 0 Å². The molecule has 1 saturated heterocycles. The lowest BCUT2D eigenvalue weighted by Gasteiger charge is -2.34. The van der Waals surface area contributed by atoms with Crippen molar-refractivity contribution >= 4 is 17.4 Å². The highest BCUT2D eigenvalue weighted by Gasteiger charge is 2.26. The third kappa shape index (κ3) is 1.68. The summed E-state index contributed by atoms with van der Waals surface area (Å²) in [6.07, 6.45) is 2.52. The van der Waals surface area contributed by atoms with E-state index in [2.05, 4.69) is 22.9 Å². The molecule has 2 heterocycles. The molecule has 0 radical (unpaired) electrons. The molecule has 1 fully saturated rings. The molecule has 4 heteroatoms. The number of fused-ring (bicyclic) bond motifs is 1. The van der Waals surface area contributed by atoms with Crippen LogP contribution in [0.2, 0.25) is 0 Å². The van der Waals surface area contributed by atoms with Gasteiger partial charge in [-0.25, -0.2) is 4.99 Å². The maximum atomic E-state index is 7.83. The molecule has 1 aromatic rings. The van der Waals surface area contributed by atoms with Crippen molar-refractivity contribution in [3.63, 3.8) is 0 Å². The average molecular weight is 242 g/mol. The van der Waals surface area contributed by atoms with E-state index in [9.17, 15) is 0 Å². The van der Waals surface area contributed by atoms with Crippen LogP contribution >= 0.6 is 0 Å². The zero-order valence-corrected chi connectivity index (χ0v) is 10.6. The van der Waals surface area contributed by atoms with E-state index in [0.29, 0.717) is 11.8 Å². The molecular weight excluding hydrogens is 224 g/mol. The highest BCUT2D eigenvalue weighted by atomic mass is 15.1. The molecule has 0 spiro atoms. The Morgan fingerprint density at radius 3 is 3.06 bits per heavy atom. The van der Waals surface area contributed by atoms with Crippen LogP contribution in [0.3, 0.4) is 0 Å². The molecule has 3 N–H and O–H groups in total. The van der Waals surface area contributed by atoms with Crippen molar-refractivity contribution in [2.45, 2.75) is 19.8 Å². The minimum Gasteiger partial charge on any atom is -0.383 e. The Morgan fingerprint density at radius 2 is 2.28 bits per heavy atom. The van der Waals surface area contributed by atoms with Crippen LogP contribution in [0.5, 0.6) is 0 Å². The Hall–Kier alpha value is -1.84. The molecule has 94 valence electrons. The van der Waals surface area contributed by atoms with Gasteiger partial charge >= 0.3 is 0 Å². The number of nitrogens with zero attached hydrogens (tertiary/aromatic N) is 2. The minimum atomic E-state index is 0.286. The highest BCUT2D eigenvalue weighted by Crippen LogP contribution is 2.31. The van der Waals surface area contributed by atoms with Crippen molar-refractivity contribution < 1.29 is 0 Å². The SMILES string of the molecule is CC1CCCN(c2cccc3c2C(N)=NC3=N)C1. The van der Waals surface area contributed by atoms with Gasteiger partial charge in [-0.05, 0) is 24.8 Å². The maximum Gasteiger partial charge on any atom is 0.155 e. The van der Waals surface area contributed by atoms with Gasteiger partial charge in [0.05, 0.1) is 5.56 Å². The molecule has 1 atom stereocenters. The van der Waals surface area contributed by atoms with Crippen LogP contribution in [-0.4, -0.2) is 24.8 Å². The molecule has 4 nitrogen and oxygen atoms in total. The highest BCUT2D eigenvalue weighted by molar-refractivity contribution is 6.23. The van der Waals surface area contributed by atoms with Crippen LogP contribution in [-0.2, 0) is 0 Å². The lowest BCUT2D eigenvalue weighted by Crippen LogP contribution is -2.35. The van der Waals surface area contributed by atoms with Crippen LogP contribution < -0.4 is 10.6 Å². The molecule has 1 aromatic carbocycles. The van der Waals surface area contributed by atoms with Gasteiger partial charge < -0.3 is 10.6 Å². The van der Waals surface area contributed by atoms with E-state index in [1.165, 1.54) is 12.8 Å². The van der Waals surface area contributed by atoms with Crippen LogP contribution in [0.25, 0.3) is 0 Å². The van der Waals surface area contributed by atoms with E-state index < -0.39 is 0 Å². The number of amidine groups is 2. The van der Waals surface area contributed by atoms with Crippen molar-refractivity contribution in [3.05, 3.63) is 29.3 Å². The molecule has 0 bridgehead atoms. The van der Waals surface area contributed by atoms with Crippen LogP contribution in [0.1, 0.15) is 30.9 Å². The van der Waals surface area contributed by atoms with Crippen LogP contribution in [0.4, 0.5) is 5.69 Å². The summed E-state index contributed by atoms with van der Waals surface area (Å²) < 4.78 is 0. The Bertz CT molecular complexity index is 533. The topological polar surface area (TPSA) is 65.5 Å². The van der Waals surface area contributed by atoms with Gasteiger partial charge in [0.15, 0.2) is 5.84 Å². The van der Waals surface area contributed by atoms with Gasteiger partial charge in [-0.3, -0.25) is 5.41 Å². The summed E-state index contributed by atoms with van der Waals surface area (Å²) in [4.78, 5) is 6.47. The summed E-state index contributed by atoms with van der Waals surface area (Å²) >= 11 is 0.